The van der Waals surface area contributed by atoms with Gasteiger partial charge in [0.1, 0.15) is 16.3 Å². The molecule has 186 valence electrons. The second kappa shape index (κ2) is 10.5. The van der Waals surface area contributed by atoms with Crippen molar-refractivity contribution in [2.24, 2.45) is 12.8 Å². The van der Waals surface area contributed by atoms with E-state index in [1.807, 2.05) is 6.92 Å². The first-order valence-corrected chi connectivity index (χ1v) is 12.6. The molecule has 3 heterocycles. The van der Waals surface area contributed by atoms with Gasteiger partial charge in [-0.1, -0.05) is 13.8 Å². The SMILES string of the molecule is CCOc1ncc(S(=O)(=O)N2CCN(CC)CC2)cc1NC(=O)c1c(CC)nn(C)c1C(N)=O. The number of nitrogens with one attached hydrogen (secondary N) is 1. The molecule has 1 aliphatic rings. The van der Waals surface area contributed by atoms with Gasteiger partial charge in [-0.25, -0.2) is 13.4 Å². The number of anilines is 1. The number of aryl methyl sites for hydroxylation is 2. The highest BCUT2D eigenvalue weighted by Gasteiger charge is 2.30. The maximum Gasteiger partial charge on any atom is 0.267 e. The van der Waals surface area contributed by atoms with Gasteiger partial charge in [0.2, 0.25) is 15.9 Å². The maximum absolute atomic E-state index is 13.2. The number of hydrogen-bond acceptors (Lipinski definition) is 8. The first-order valence-electron chi connectivity index (χ1n) is 11.2. The van der Waals surface area contributed by atoms with Crippen LogP contribution in [0.3, 0.4) is 0 Å². The first kappa shape index (κ1) is 25.6. The molecule has 1 aliphatic heterocycles. The number of aromatic nitrogens is 3. The second-order valence-corrected chi connectivity index (χ2v) is 9.70. The highest BCUT2D eigenvalue weighted by Crippen LogP contribution is 2.28. The number of carbonyl (C=O) groups is 2. The van der Waals surface area contributed by atoms with Crippen molar-refractivity contribution in [3.8, 4) is 5.88 Å². The van der Waals surface area contributed by atoms with Gasteiger partial charge in [0.15, 0.2) is 0 Å². The molecule has 0 spiro atoms. The molecule has 0 aromatic carbocycles. The van der Waals surface area contributed by atoms with Crippen LogP contribution in [0.5, 0.6) is 5.88 Å². The van der Waals surface area contributed by atoms with E-state index in [0.717, 1.165) is 6.54 Å². The molecule has 0 aliphatic carbocycles. The van der Waals surface area contributed by atoms with Crippen LogP contribution in [-0.4, -0.2) is 83.5 Å². The van der Waals surface area contributed by atoms with E-state index in [4.69, 9.17) is 10.5 Å². The first-order chi connectivity index (χ1) is 16.1. The van der Waals surface area contributed by atoms with Crippen LogP contribution in [0.15, 0.2) is 17.2 Å². The van der Waals surface area contributed by atoms with E-state index in [0.29, 0.717) is 38.3 Å². The molecular formula is C21H31N7O5S. The van der Waals surface area contributed by atoms with Gasteiger partial charge < -0.3 is 20.7 Å². The third-order valence-electron chi connectivity index (χ3n) is 5.69. The Morgan fingerprint density at radius 3 is 2.41 bits per heavy atom. The van der Waals surface area contributed by atoms with E-state index in [2.05, 4.69) is 20.3 Å². The molecule has 0 saturated carbocycles. The minimum Gasteiger partial charge on any atom is -0.476 e. The van der Waals surface area contributed by atoms with Crippen LogP contribution < -0.4 is 15.8 Å². The molecule has 3 N–H and O–H groups in total. The lowest BCUT2D eigenvalue weighted by Crippen LogP contribution is -2.48. The number of hydrogen-bond donors (Lipinski definition) is 2. The summed E-state index contributed by atoms with van der Waals surface area (Å²) in [7, 11) is -2.31. The molecule has 3 rings (SSSR count). The molecule has 13 heteroatoms. The fourth-order valence-electron chi connectivity index (χ4n) is 3.88. The lowest BCUT2D eigenvalue weighted by atomic mass is 10.1. The third-order valence-corrected chi connectivity index (χ3v) is 7.55. The highest BCUT2D eigenvalue weighted by atomic mass is 32.2. The third kappa shape index (κ3) is 5.05. The number of piperazine rings is 1. The van der Waals surface area contributed by atoms with Crippen LogP contribution in [0, 0.1) is 0 Å². The highest BCUT2D eigenvalue weighted by molar-refractivity contribution is 7.89. The smallest absolute Gasteiger partial charge is 0.267 e. The van der Waals surface area contributed by atoms with Crippen molar-refractivity contribution in [2.45, 2.75) is 32.1 Å². The van der Waals surface area contributed by atoms with Crippen LogP contribution in [-0.2, 0) is 23.5 Å². The summed E-state index contributed by atoms with van der Waals surface area (Å²) >= 11 is 0. The number of likely N-dealkylation sites (N-methyl/N-ethyl adjacent to an activating group) is 1. The quantitative estimate of drug-likeness (QED) is 0.511. The molecule has 2 amide bonds. The minimum absolute atomic E-state index is 0.0314. The van der Waals surface area contributed by atoms with Crippen molar-refractivity contribution in [1.82, 2.24) is 24.0 Å². The van der Waals surface area contributed by atoms with Crippen molar-refractivity contribution in [3.05, 3.63) is 29.2 Å². The maximum atomic E-state index is 13.2. The molecule has 0 unspecified atom stereocenters. The van der Waals surface area contributed by atoms with Crippen LogP contribution in [0.1, 0.15) is 47.3 Å². The van der Waals surface area contributed by atoms with Crippen molar-refractivity contribution in [2.75, 3.05) is 44.6 Å². The standard InChI is InChI=1S/C21H31N7O5S/c1-5-15-17(18(19(22)29)26(4)25-15)20(30)24-16-12-14(13-23-21(16)33-7-3)34(31,32)28-10-8-27(6-2)9-11-28/h12-13H,5-11H2,1-4H3,(H2,22,29)(H,24,30). The van der Waals surface area contributed by atoms with E-state index in [9.17, 15) is 18.0 Å². The van der Waals surface area contributed by atoms with E-state index in [1.54, 1.807) is 13.8 Å². The Labute approximate surface area is 199 Å². The Kier molecular flexibility index (Phi) is 7.89. The predicted octanol–water partition coefficient (Wildman–Crippen LogP) is 0.454. The zero-order valence-corrected chi connectivity index (χ0v) is 20.7. The number of nitrogens with two attached hydrogens (primary N) is 1. The van der Waals surface area contributed by atoms with E-state index >= 15 is 0 Å². The molecule has 12 nitrogen and oxygen atoms in total. The minimum atomic E-state index is -3.83. The number of nitrogens with zero attached hydrogens (tertiary/aromatic N) is 5. The Bertz CT molecular complexity index is 1170. The van der Waals surface area contributed by atoms with Gasteiger partial charge in [-0.15, -0.1) is 0 Å². The Hall–Kier alpha value is -3.03. The Morgan fingerprint density at radius 2 is 1.85 bits per heavy atom. The number of primary amides is 1. The zero-order chi connectivity index (χ0) is 25.0. The van der Waals surface area contributed by atoms with Crippen LogP contribution >= 0.6 is 0 Å². The summed E-state index contributed by atoms with van der Waals surface area (Å²) in [6, 6.07) is 1.32. The molecule has 2 aromatic heterocycles. The fraction of sp³-hybridized carbons (Fsp3) is 0.524. The summed E-state index contributed by atoms with van der Waals surface area (Å²) in [5.41, 5.74) is 5.92. The molecule has 1 fully saturated rings. The van der Waals surface area contributed by atoms with Crippen LogP contribution in [0.4, 0.5) is 5.69 Å². The van der Waals surface area contributed by atoms with Gasteiger partial charge in [-0.2, -0.15) is 9.40 Å². The van der Waals surface area contributed by atoms with Crippen LogP contribution in [0.2, 0.25) is 0 Å². The van der Waals surface area contributed by atoms with Gasteiger partial charge in [0.05, 0.1) is 24.1 Å². The van der Waals surface area contributed by atoms with Gasteiger partial charge in [0, 0.05) is 33.2 Å². The topological polar surface area (TPSA) is 153 Å². The average Bonchev–Trinajstić information content (AvgIpc) is 3.16. The van der Waals surface area contributed by atoms with Gasteiger partial charge in [-0.05, 0) is 26.0 Å². The summed E-state index contributed by atoms with van der Waals surface area (Å²) in [5.74, 6) is -1.40. The molecule has 34 heavy (non-hydrogen) atoms. The number of rotatable bonds is 9. The Morgan fingerprint density at radius 1 is 1.18 bits per heavy atom. The average molecular weight is 494 g/mol. The number of pyridine rings is 1. The monoisotopic (exact) mass is 493 g/mol. The summed E-state index contributed by atoms with van der Waals surface area (Å²) < 4.78 is 34.7. The van der Waals surface area contributed by atoms with Gasteiger partial charge in [0.25, 0.3) is 11.8 Å². The molecule has 0 bridgehead atoms. The van der Waals surface area contributed by atoms with E-state index in [1.165, 1.54) is 28.3 Å². The molecule has 1 saturated heterocycles. The number of ether oxygens (including phenoxy) is 1. The Balaban J connectivity index is 1.97. The van der Waals surface area contributed by atoms with Crippen molar-refractivity contribution in [1.29, 1.82) is 0 Å². The predicted molar refractivity (Wildman–Crippen MR) is 125 cm³/mol. The summed E-state index contributed by atoms with van der Waals surface area (Å²) in [5, 5.41) is 6.85. The molecular weight excluding hydrogens is 462 g/mol. The number of carbonyl (C=O) groups excluding carboxylic acids is 2. The summed E-state index contributed by atoms with van der Waals surface area (Å²) in [6.07, 6.45) is 1.61. The lowest BCUT2D eigenvalue weighted by Gasteiger charge is -2.33. The van der Waals surface area contributed by atoms with Crippen molar-refractivity contribution >= 4 is 27.5 Å². The molecule has 0 radical (unpaired) electrons. The largest absolute Gasteiger partial charge is 0.476 e. The van der Waals surface area contributed by atoms with Crippen molar-refractivity contribution < 1.29 is 22.7 Å². The normalized spacial score (nSPS) is 15.3. The lowest BCUT2D eigenvalue weighted by molar-refractivity contribution is 0.0970. The van der Waals surface area contributed by atoms with Gasteiger partial charge >= 0.3 is 0 Å². The number of sulfonamides is 1. The zero-order valence-electron chi connectivity index (χ0n) is 19.9. The van der Waals surface area contributed by atoms with E-state index < -0.39 is 21.8 Å². The number of amides is 2. The fourth-order valence-corrected chi connectivity index (χ4v) is 5.28. The van der Waals surface area contributed by atoms with Crippen molar-refractivity contribution in [3.63, 3.8) is 0 Å². The summed E-state index contributed by atoms with van der Waals surface area (Å²) in [4.78, 5) is 31.4. The van der Waals surface area contributed by atoms with E-state index in [-0.39, 0.29) is 34.3 Å². The second-order valence-electron chi connectivity index (χ2n) is 7.76. The van der Waals surface area contributed by atoms with Crippen LogP contribution in [0.25, 0.3) is 0 Å². The molecule has 2 aromatic rings. The van der Waals surface area contributed by atoms with Gasteiger partial charge in [-0.3, -0.25) is 14.3 Å². The summed E-state index contributed by atoms with van der Waals surface area (Å²) in [6.45, 7) is 8.68. The molecule has 0 atom stereocenters.